The van der Waals surface area contributed by atoms with Gasteiger partial charge in [-0.1, -0.05) is 6.07 Å². The van der Waals surface area contributed by atoms with Crippen LogP contribution in [0, 0.1) is 0 Å². The molecule has 0 unspecified atom stereocenters. The largest absolute Gasteiger partial charge is 0.478 e. The van der Waals surface area contributed by atoms with E-state index in [0.717, 1.165) is 22.4 Å². The minimum Gasteiger partial charge on any atom is -0.478 e. The van der Waals surface area contributed by atoms with Gasteiger partial charge in [0.1, 0.15) is 17.4 Å². The van der Waals surface area contributed by atoms with Gasteiger partial charge in [0.25, 0.3) is 5.91 Å². The van der Waals surface area contributed by atoms with Gasteiger partial charge in [0.15, 0.2) is 5.69 Å². The van der Waals surface area contributed by atoms with Crippen LogP contribution >= 0.6 is 0 Å². The summed E-state index contributed by atoms with van der Waals surface area (Å²) >= 11 is 0. The zero-order chi connectivity index (χ0) is 22.9. The zero-order valence-corrected chi connectivity index (χ0v) is 17.9. The summed E-state index contributed by atoms with van der Waals surface area (Å²) in [4.78, 5) is 37.2. The van der Waals surface area contributed by atoms with Crippen LogP contribution in [0.3, 0.4) is 0 Å². The van der Waals surface area contributed by atoms with E-state index in [1.165, 1.54) is 6.33 Å². The molecule has 1 aliphatic carbocycles. The van der Waals surface area contributed by atoms with Gasteiger partial charge in [0.2, 0.25) is 0 Å². The number of anilines is 1. The molecule has 0 aliphatic heterocycles. The molecule has 0 saturated heterocycles. The van der Waals surface area contributed by atoms with Crippen molar-refractivity contribution in [3.8, 4) is 0 Å². The summed E-state index contributed by atoms with van der Waals surface area (Å²) in [6, 6.07) is 8.73. The number of hydrogen-bond donors (Lipinski definition) is 3. The lowest BCUT2D eigenvalue weighted by Crippen LogP contribution is -2.28. The summed E-state index contributed by atoms with van der Waals surface area (Å²) in [5.41, 5.74) is 5.67. The summed E-state index contributed by atoms with van der Waals surface area (Å²) in [6.07, 6.45) is 8.22. The van der Waals surface area contributed by atoms with Crippen LogP contribution in [0.25, 0.3) is 11.0 Å². The summed E-state index contributed by atoms with van der Waals surface area (Å²) < 4.78 is 1.85. The van der Waals surface area contributed by atoms with E-state index in [1.807, 2.05) is 29.9 Å². The maximum absolute atomic E-state index is 13.2. The van der Waals surface area contributed by atoms with Crippen LogP contribution in [0.2, 0.25) is 0 Å². The van der Waals surface area contributed by atoms with E-state index in [4.69, 9.17) is 0 Å². The van der Waals surface area contributed by atoms with Crippen LogP contribution < -0.4 is 10.6 Å². The Labute approximate surface area is 189 Å². The van der Waals surface area contributed by atoms with E-state index in [0.29, 0.717) is 36.1 Å². The molecule has 0 saturated carbocycles. The summed E-state index contributed by atoms with van der Waals surface area (Å²) in [6.45, 7) is 0.602. The smallest absolute Gasteiger partial charge is 0.335 e. The molecule has 3 N–H and O–H groups in total. The molecule has 1 amide bonds. The third kappa shape index (κ3) is 3.89. The van der Waals surface area contributed by atoms with Gasteiger partial charge < -0.3 is 20.3 Å². The first-order valence-electron chi connectivity index (χ1n) is 10.6. The Balaban J connectivity index is 1.39. The Kier molecular flexibility index (Phi) is 5.21. The van der Waals surface area contributed by atoms with Crippen molar-refractivity contribution in [1.82, 2.24) is 24.8 Å². The van der Waals surface area contributed by atoms with Crippen LogP contribution in [0.1, 0.15) is 50.0 Å². The van der Waals surface area contributed by atoms with Crippen LogP contribution in [0.5, 0.6) is 0 Å². The highest BCUT2D eigenvalue weighted by atomic mass is 16.4. The van der Waals surface area contributed by atoms with Crippen molar-refractivity contribution in [1.29, 1.82) is 0 Å². The molecule has 3 aromatic heterocycles. The van der Waals surface area contributed by atoms with Gasteiger partial charge in [-0.05, 0) is 53.8 Å². The number of aryl methyl sites for hydroxylation is 2. The molecule has 9 heteroatoms. The molecule has 9 nitrogen and oxygen atoms in total. The third-order valence-corrected chi connectivity index (χ3v) is 5.97. The van der Waals surface area contributed by atoms with E-state index >= 15 is 0 Å². The van der Waals surface area contributed by atoms with E-state index in [1.54, 1.807) is 30.6 Å². The molecule has 5 rings (SSSR count). The van der Waals surface area contributed by atoms with Gasteiger partial charge in [-0.3, -0.25) is 9.78 Å². The molecular weight excluding hydrogens is 420 g/mol. The standard InChI is InChI=1S/C24H22N6O3/c1-30-12-19(26-11-14-6-8-25-9-7-14)20-22(30)21(28-13-27-20)23(31)29-18-5-3-15-10-16(24(32)33)2-4-17(15)18/h2,4,6-10,12-13,18,26H,3,5,11H2,1H3,(H,29,31)(H,32,33)/t18-/m0/s1. The van der Waals surface area contributed by atoms with Crippen molar-refractivity contribution >= 4 is 28.6 Å². The average molecular weight is 442 g/mol. The maximum Gasteiger partial charge on any atom is 0.335 e. The van der Waals surface area contributed by atoms with E-state index in [-0.39, 0.29) is 17.5 Å². The number of amides is 1. The Hall–Kier alpha value is -4.27. The van der Waals surface area contributed by atoms with Crippen molar-refractivity contribution < 1.29 is 14.7 Å². The molecule has 1 aromatic carbocycles. The molecule has 0 fully saturated rings. The van der Waals surface area contributed by atoms with Gasteiger partial charge >= 0.3 is 5.97 Å². The number of aromatic nitrogens is 4. The van der Waals surface area contributed by atoms with Gasteiger partial charge in [0.05, 0.1) is 17.3 Å². The predicted molar refractivity (Wildman–Crippen MR) is 122 cm³/mol. The number of nitrogens with zero attached hydrogens (tertiary/aromatic N) is 4. The van der Waals surface area contributed by atoms with Crippen LogP contribution in [0.4, 0.5) is 5.69 Å². The van der Waals surface area contributed by atoms with E-state index < -0.39 is 5.97 Å². The topological polar surface area (TPSA) is 122 Å². The van der Waals surface area contributed by atoms with Crippen LogP contribution in [-0.2, 0) is 20.0 Å². The van der Waals surface area contributed by atoms with Gasteiger partial charge in [-0.25, -0.2) is 14.8 Å². The SMILES string of the molecule is Cn1cc(NCc2ccncc2)c2ncnc(C(=O)N[C@H]3CCc4cc(C(=O)O)ccc43)c21. The number of nitrogens with one attached hydrogen (secondary N) is 2. The molecule has 3 heterocycles. The predicted octanol–water partition coefficient (Wildman–Crippen LogP) is 3.09. The zero-order valence-electron chi connectivity index (χ0n) is 17.9. The number of carboxylic acids is 1. The number of aromatic carboxylic acids is 1. The molecule has 0 bridgehead atoms. The second-order valence-electron chi connectivity index (χ2n) is 8.07. The van der Waals surface area contributed by atoms with Crippen LogP contribution in [0.15, 0.2) is 55.2 Å². The van der Waals surface area contributed by atoms with E-state index in [2.05, 4.69) is 25.6 Å². The molecule has 33 heavy (non-hydrogen) atoms. The molecule has 0 radical (unpaired) electrons. The monoisotopic (exact) mass is 442 g/mol. The van der Waals surface area contributed by atoms with Gasteiger partial charge in [-0.15, -0.1) is 0 Å². The van der Waals surface area contributed by atoms with Crippen molar-refractivity contribution in [2.24, 2.45) is 7.05 Å². The molecule has 0 spiro atoms. The number of carboxylic acid groups (broad SMARTS) is 1. The third-order valence-electron chi connectivity index (χ3n) is 5.97. The first-order chi connectivity index (χ1) is 16.0. The lowest BCUT2D eigenvalue weighted by Gasteiger charge is -2.14. The molecular formula is C24H22N6O3. The van der Waals surface area contributed by atoms with Gasteiger partial charge in [0, 0.05) is 32.2 Å². The summed E-state index contributed by atoms with van der Waals surface area (Å²) in [5, 5.41) is 15.7. The van der Waals surface area contributed by atoms with E-state index in [9.17, 15) is 14.7 Å². The number of carbonyl (C=O) groups is 2. The molecule has 1 atom stereocenters. The quantitative estimate of drug-likeness (QED) is 0.419. The Bertz CT molecular complexity index is 1370. The first kappa shape index (κ1) is 20.6. The van der Waals surface area contributed by atoms with Crippen LogP contribution in [-0.4, -0.2) is 36.5 Å². The highest BCUT2D eigenvalue weighted by Crippen LogP contribution is 2.32. The fourth-order valence-electron chi connectivity index (χ4n) is 4.35. The highest BCUT2D eigenvalue weighted by molar-refractivity contribution is 6.06. The Morgan fingerprint density at radius 3 is 2.79 bits per heavy atom. The van der Waals surface area contributed by atoms with Crippen molar-refractivity contribution in [2.45, 2.75) is 25.4 Å². The minimum absolute atomic E-state index is 0.190. The first-order valence-corrected chi connectivity index (χ1v) is 10.6. The van der Waals surface area contributed by atoms with Gasteiger partial charge in [-0.2, -0.15) is 0 Å². The fourth-order valence-corrected chi connectivity index (χ4v) is 4.35. The number of hydrogen-bond acceptors (Lipinski definition) is 6. The fraction of sp³-hybridized carbons (Fsp3) is 0.208. The number of fused-ring (bicyclic) bond motifs is 2. The normalized spacial score (nSPS) is 14.8. The molecule has 166 valence electrons. The Morgan fingerprint density at radius 1 is 1.18 bits per heavy atom. The minimum atomic E-state index is -0.953. The number of benzene rings is 1. The maximum atomic E-state index is 13.2. The highest BCUT2D eigenvalue weighted by Gasteiger charge is 2.27. The van der Waals surface area contributed by atoms with Crippen molar-refractivity contribution in [3.63, 3.8) is 0 Å². The number of pyridine rings is 1. The lowest BCUT2D eigenvalue weighted by atomic mass is 10.0. The van der Waals surface area contributed by atoms with Crippen molar-refractivity contribution in [3.05, 3.63) is 83.2 Å². The number of carbonyl (C=O) groups excluding carboxylic acids is 1. The summed E-state index contributed by atoms with van der Waals surface area (Å²) in [5.74, 6) is -1.24. The second-order valence-corrected chi connectivity index (χ2v) is 8.07. The molecule has 1 aliphatic rings. The lowest BCUT2D eigenvalue weighted by molar-refractivity contribution is 0.0696. The number of rotatable bonds is 6. The average Bonchev–Trinajstić information content (AvgIpc) is 3.38. The Morgan fingerprint density at radius 2 is 2.00 bits per heavy atom. The molecule has 4 aromatic rings. The summed E-state index contributed by atoms with van der Waals surface area (Å²) in [7, 11) is 1.86. The second kappa shape index (κ2) is 8.34. The van der Waals surface area contributed by atoms with Crippen molar-refractivity contribution in [2.75, 3.05) is 5.32 Å².